The van der Waals surface area contributed by atoms with E-state index in [1.165, 1.54) is 33.4 Å². The van der Waals surface area contributed by atoms with Crippen molar-refractivity contribution in [2.75, 3.05) is 0 Å². The van der Waals surface area contributed by atoms with Crippen molar-refractivity contribution in [1.82, 2.24) is 0 Å². The zero-order valence-corrected chi connectivity index (χ0v) is 17.1. The van der Waals surface area contributed by atoms with Crippen molar-refractivity contribution in [3.05, 3.63) is 67.7 Å². The minimum atomic E-state index is -0.155. The average molecular weight is 397 g/mol. The maximum Gasteiger partial charge on any atom is 0.163 e. The van der Waals surface area contributed by atoms with E-state index in [1.54, 1.807) is 0 Å². The number of fused-ring (bicyclic) bond motifs is 2. The van der Waals surface area contributed by atoms with Gasteiger partial charge in [0.2, 0.25) is 0 Å². The molecule has 3 aliphatic rings. The van der Waals surface area contributed by atoms with E-state index in [0.717, 1.165) is 35.7 Å². The molecule has 130 valence electrons. The highest BCUT2D eigenvalue weighted by Gasteiger charge is 2.56. The van der Waals surface area contributed by atoms with Crippen molar-refractivity contribution in [2.45, 2.75) is 58.8 Å². The molecule has 0 aromatic heterocycles. The number of Topliss-reactive ketones (excluding diaryl/α,β-unsaturated/α-hetero) is 1. The normalized spacial score (nSPS) is 29.3. The Hall–Kier alpha value is -1.41. The van der Waals surface area contributed by atoms with Gasteiger partial charge in [0.25, 0.3) is 0 Å². The van der Waals surface area contributed by atoms with Crippen LogP contribution in [0.5, 0.6) is 0 Å². The summed E-state index contributed by atoms with van der Waals surface area (Å²) in [4.78, 5) is 13.4. The lowest BCUT2D eigenvalue weighted by Crippen LogP contribution is -2.40. The van der Waals surface area contributed by atoms with E-state index in [4.69, 9.17) is 0 Å². The molecule has 0 aliphatic heterocycles. The van der Waals surface area contributed by atoms with Gasteiger partial charge < -0.3 is 0 Å². The number of carbonyl (C=O) groups is 1. The summed E-state index contributed by atoms with van der Waals surface area (Å²) in [6.45, 7) is 8.89. The Morgan fingerprint density at radius 1 is 0.960 bits per heavy atom. The lowest BCUT2D eigenvalue weighted by atomic mass is 9.59. The van der Waals surface area contributed by atoms with Gasteiger partial charge >= 0.3 is 0 Å². The largest absolute Gasteiger partial charge is 0.294 e. The van der Waals surface area contributed by atoms with Crippen molar-refractivity contribution in [1.29, 1.82) is 0 Å². The highest BCUT2D eigenvalue weighted by Crippen LogP contribution is 2.60. The smallest absolute Gasteiger partial charge is 0.163 e. The van der Waals surface area contributed by atoms with Crippen LogP contribution in [0.1, 0.15) is 58.9 Å². The van der Waals surface area contributed by atoms with Gasteiger partial charge in [-0.05, 0) is 76.2 Å². The lowest BCUT2D eigenvalue weighted by Gasteiger charge is -2.43. The first-order valence-electron chi connectivity index (χ1n) is 9.18. The second-order valence-corrected chi connectivity index (χ2v) is 9.04. The summed E-state index contributed by atoms with van der Waals surface area (Å²) in [6, 6.07) is 8.54. The van der Waals surface area contributed by atoms with Crippen molar-refractivity contribution in [2.24, 2.45) is 5.92 Å². The molecule has 2 atom stereocenters. The number of hydrogen-bond donors (Lipinski definition) is 0. The van der Waals surface area contributed by atoms with Gasteiger partial charge in [0.1, 0.15) is 0 Å². The fraction of sp³-hybridized carbons (Fsp3) is 0.435. The van der Waals surface area contributed by atoms with Gasteiger partial charge in [0.05, 0.1) is 0 Å². The minimum Gasteiger partial charge on any atom is -0.294 e. The SMILES string of the molecule is CC1=C(C)CC2=C(C1)C(=O)C1CC(C)=C(C)CC21c1ccccc1Br. The maximum atomic E-state index is 13.4. The van der Waals surface area contributed by atoms with Crippen LogP contribution in [-0.2, 0) is 10.2 Å². The van der Waals surface area contributed by atoms with Gasteiger partial charge in [-0.3, -0.25) is 4.79 Å². The zero-order valence-electron chi connectivity index (χ0n) is 15.5. The standard InChI is InChI=1S/C23H25BrO/c1-13-9-17-19(10-14(13)2)23(18-7-5-6-8-21(18)24)12-16(4)15(3)11-20(23)22(17)25/h5-8,20H,9-12H2,1-4H3. The van der Waals surface area contributed by atoms with E-state index < -0.39 is 0 Å². The van der Waals surface area contributed by atoms with Gasteiger partial charge in [-0.1, -0.05) is 56.4 Å². The molecule has 25 heavy (non-hydrogen) atoms. The van der Waals surface area contributed by atoms with E-state index in [1.807, 2.05) is 0 Å². The van der Waals surface area contributed by atoms with Crippen molar-refractivity contribution < 1.29 is 4.79 Å². The summed E-state index contributed by atoms with van der Waals surface area (Å²) in [5, 5.41) is 0. The average Bonchev–Trinajstić information content (AvgIpc) is 2.79. The number of benzene rings is 1. The molecule has 0 heterocycles. The molecule has 0 radical (unpaired) electrons. The molecule has 2 heteroatoms. The van der Waals surface area contributed by atoms with Gasteiger partial charge in [-0.15, -0.1) is 0 Å². The fourth-order valence-electron chi connectivity index (χ4n) is 5.17. The van der Waals surface area contributed by atoms with Crippen LogP contribution in [0.25, 0.3) is 0 Å². The summed E-state index contributed by atoms with van der Waals surface area (Å²) in [5.41, 5.74) is 9.36. The summed E-state index contributed by atoms with van der Waals surface area (Å²) in [5.74, 6) is 0.475. The van der Waals surface area contributed by atoms with Gasteiger partial charge in [0.15, 0.2) is 5.78 Å². The molecular weight excluding hydrogens is 372 g/mol. The van der Waals surface area contributed by atoms with Crippen LogP contribution in [-0.4, -0.2) is 5.78 Å². The molecule has 0 N–H and O–H groups in total. The van der Waals surface area contributed by atoms with Crippen LogP contribution in [0.4, 0.5) is 0 Å². The number of halogens is 1. The first-order chi connectivity index (χ1) is 11.9. The maximum absolute atomic E-state index is 13.4. The molecule has 0 fully saturated rings. The van der Waals surface area contributed by atoms with E-state index in [9.17, 15) is 4.79 Å². The molecular formula is C23H25BrO. The Kier molecular flexibility index (Phi) is 3.95. The predicted molar refractivity (Wildman–Crippen MR) is 107 cm³/mol. The summed E-state index contributed by atoms with van der Waals surface area (Å²) in [6.07, 6.45) is 3.68. The number of rotatable bonds is 1. The zero-order chi connectivity index (χ0) is 17.9. The highest BCUT2D eigenvalue weighted by atomic mass is 79.9. The molecule has 1 aromatic carbocycles. The Bertz CT molecular complexity index is 883. The molecule has 1 aromatic rings. The Balaban J connectivity index is 1.98. The molecule has 3 aliphatic carbocycles. The quantitative estimate of drug-likeness (QED) is 0.498. The molecule has 0 saturated heterocycles. The molecule has 0 amide bonds. The molecule has 1 nitrogen and oxygen atoms in total. The number of hydrogen-bond acceptors (Lipinski definition) is 1. The summed E-state index contributed by atoms with van der Waals surface area (Å²) in [7, 11) is 0. The van der Waals surface area contributed by atoms with E-state index in [-0.39, 0.29) is 11.3 Å². The van der Waals surface area contributed by atoms with Crippen LogP contribution in [0.15, 0.2) is 62.2 Å². The monoisotopic (exact) mass is 396 g/mol. The van der Waals surface area contributed by atoms with Crippen molar-refractivity contribution >= 4 is 21.7 Å². The van der Waals surface area contributed by atoms with Crippen LogP contribution in [0.3, 0.4) is 0 Å². The molecule has 0 saturated carbocycles. The van der Waals surface area contributed by atoms with Crippen LogP contribution >= 0.6 is 15.9 Å². The van der Waals surface area contributed by atoms with Crippen molar-refractivity contribution in [3.8, 4) is 0 Å². The van der Waals surface area contributed by atoms with E-state index >= 15 is 0 Å². The first-order valence-corrected chi connectivity index (χ1v) is 9.97. The fourth-order valence-corrected chi connectivity index (χ4v) is 5.81. The highest BCUT2D eigenvalue weighted by molar-refractivity contribution is 9.10. The number of ketones is 1. The molecule has 0 bridgehead atoms. The molecule has 2 unspecified atom stereocenters. The Morgan fingerprint density at radius 2 is 1.64 bits per heavy atom. The van der Waals surface area contributed by atoms with Crippen LogP contribution in [0.2, 0.25) is 0 Å². The second-order valence-electron chi connectivity index (χ2n) is 8.18. The second kappa shape index (κ2) is 5.81. The van der Waals surface area contributed by atoms with Gasteiger partial charge in [-0.2, -0.15) is 0 Å². The van der Waals surface area contributed by atoms with Crippen molar-refractivity contribution in [3.63, 3.8) is 0 Å². The third-order valence-corrected chi connectivity index (χ3v) is 7.55. The Morgan fingerprint density at radius 3 is 2.36 bits per heavy atom. The van der Waals surface area contributed by atoms with Crippen LogP contribution in [0, 0.1) is 5.92 Å². The summed E-state index contributed by atoms with van der Waals surface area (Å²) >= 11 is 3.80. The predicted octanol–water partition coefficient (Wildman–Crippen LogP) is 6.44. The third-order valence-electron chi connectivity index (χ3n) is 6.86. The Labute approximate surface area is 159 Å². The molecule has 4 rings (SSSR count). The number of carbonyl (C=O) groups excluding carboxylic acids is 1. The topological polar surface area (TPSA) is 17.1 Å². The van der Waals surface area contributed by atoms with Gasteiger partial charge in [0, 0.05) is 15.8 Å². The molecule has 0 spiro atoms. The summed E-state index contributed by atoms with van der Waals surface area (Å²) < 4.78 is 1.14. The first kappa shape index (κ1) is 17.0. The van der Waals surface area contributed by atoms with Gasteiger partial charge in [-0.25, -0.2) is 0 Å². The van der Waals surface area contributed by atoms with E-state index in [0.29, 0.717) is 5.78 Å². The van der Waals surface area contributed by atoms with Crippen LogP contribution < -0.4 is 0 Å². The van der Waals surface area contributed by atoms with E-state index in [2.05, 4.69) is 67.9 Å². The number of allylic oxidation sites excluding steroid dienone is 6. The minimum absolute atomic E-state index is 0.0681. The third kappa shape index (κ3) is 2.30. The lowest BCUT2D eigenvalue weighted by molar-refractivity contribution is -0.119.